The van der Waals surface area contributed by atoms with Crippen LogP contribution in [0.2, 0.25) is 0 Å². The summed E-state index contributed by atoms with van der Waals surface area (Å²) in [6.45, 7) is 6.85. The summed E-state index contributed by atoms with van der Waals surface area (Å²) in [4.78, 5) is 22.5. The van der Waals surface area contributed by atoms with E-state index in [0.717, 1.165) is 0 Å². The lowest BCUT2D eigenvalue weighted by atomic mass is 10.0. The number of benzene rings is 1. The van der Waals surface area contributed by atoms with Gasteiger partial charge in [-0.1, -0.05) is 6.92 Å². The molecule has 4 nitrogen and oxygen atoms in total. The molecule has 1 aromatic rings. The third-order valence-corrected chi connectivity index (χ3v) is 2.34. The van der Waals surface area contributed by atoms with Crippen molar-refractivity contribution in [3.63, 3.8) is 0 Å². The first-order valence-corrected chi connectivity index (χ1v) is 5.97. The van der Waals surface area contributed by atoms with Crippen molar-refractivity contribution in [2.75, 3.05) is 5.32 Å². The zero-order valence-corrected chi connectivity index (χ0v) is 11.5. The summed E-state index contributed by atoms with van der Waals surface area (Å²) in [5.41, 5.74) is 0.164. The van der Waals surface area contributed by atoms with Gasteiger partial charge < -0.3 is 9.53 Å². The normalized spacial score (nSPS) is 12.7. The van der Waals surface area contributed by atoms with Gasteiger partial charge in [0.25, 0.3) is 0 Å². The van der Waals surface area contributed by atoms with Crippen LogP contribution in [-0.2, 0) is 9.53 Å². The molecule has 5 heteroatoms. The van der Waals surface area contributed by atoms with Crippen LogP contribution in [0.3, 0.4) is 0 Å². The predicted octanol–water partition coefficient (Wildman–Crippen LogP) is 3.48. The standard InChI is InChI=1S/C14H18FNO3/c1-9(8-17)11-7-10(15)5-6-12(11)16-13(18)19-14(2,3)4/h5-9H,1-4H3,(H,16,18). The van der Waals surface area contributed by atoms with E-state index in [4.69, 9.17) is 4.74 Å². The van der Waals surface area contributed by atoms with Crippen molar-refractivity contribution < 1.29 is 18.7 Å². The first-order chi connectivity index (χ1) is 8.73. The number of ether oxygens (including phenoxy) is 1. The van der Waals surface area contributed by atoms with Gasteiger partial charge in [0, 0.05) is 11.6 Å². The molecule has 1 unspecified atom stereocenters. The lowest BCUT2D eigenvalue weighted by Crippen LogP contribution is -2.27. The van der Waals surface area contributed by atoms with E-state index in [1.54, 1.807) is 27.7 Å². The van der Waals surface area contributed by atoms with Crippen LogP contribution >= 0.6 is 0 Å². The molecule has 0 aliphatic rings. The molecule has 1 amide bonds. The maximum atomic E-state index is 13.2. The maximum Gasteiger partial charge on any atom is 0.412 e. The van der Waals surface area contributed by atoms with Crippen molar-refractivity contribution in [1.29, 1.82) is 0 Å². The van der Waals surface area contributed by atoms with Crippen molar-refractivity contribution >= 4 is 18.1 Å². The number of aldehydes is 1. The highest BCUT2D eigenvalue weighted by Crippen LogP contribution is 2.25. The smallest absolute Gasteiger partial charge is 0.412 e. The zero-order valence-electron chi connectivity index (χ0n) is 11.5. The van der Waals surface area contributed by atoms with Crippen molar-refractivity contribution in [3.8, 4) is 0 Å². The van der Waals surface area contributed by atoms with Gasteiger partial charge in [-0.3, -0.25) is 5.32 Å². The summed E-state index contributed by atoms with van der Waals surface area (Å²) in [7, 11) is 0. The minimum atomic E-state index is -0.640. The van der Waals surface area contributed by atoms with E-state index in [-0.39, 0.29) is 0 Å². The van der Waals surface area contributed by atoms with E-state index >= 15 is 0 Å². The Morgan fingerprint density at radius 2 is 2.05 bits per heavy atom. The Morgan fingerprint density at radius 3 is 2.58 bits per heavy atom. The average molecular weight is 267 g/mol. The van der Waals surface area contributed by atoms with E-state index in [9.17, 15) is 14.0 Å². The molecule has 0 saturated carbocycles. The largest absolute Gasteiger partial charge is 0.444 e. The quantitative estimate of drug-likeness (QED) is 0.853. The fourth-order valence-corrected chi connectivity index (χ4v) is 1.51. The molecule has 0 aliphatic carbocycles. The minimum Gasteiger partial charge on any atom is -0.444 e. The van der Waals surface area contributed by atoms with Gasteiger partial charge in [0.05, 0.1) is 0 Å². The van der Waals surface area contributed by atoms with Crippen LogP contribution in [0, 0.1) is 5.82 Å². The fourth-order valence-electron chi connectivity index (χ4n) is 1.51. The maximum absolute atomic E-state index is 13.2. The number of carbonyl (C=O) groups is 2. The second kappa shape index (κ2) is 5.82. The van der Waals surface area contributed by atoms with Crippen molar-refractivity contribution in [3.05, 3.63) is 29.6 Å². The molecular formula is C14H18FNO3. The van der Waals surface area contributed by atoms with Crippen LogP contribution in [0.25, 0.3) is 0 Å². The number of rotatable bonds is 3. The van der Waals surface area contributed by atoms with Crippen LogP contribution in [0.5, 0.6) is 0 Å². The first-order valence-electron chi connectivity index (χ1n) is 5.97. The number of amides is 1. The van der Waals surface area contributed by atoms with Crippen LogP contribution in [0.4, 0.5) is 14.9 Å². The summed E-state index contributed by atoms with van der Waals surface area (Å²) in [6.07, 6.45) is 0.0492. The molecule has 1 N–H and O–H groups in total. The van der Waals surface area contributed by atoms with Crippen molar-refractivity contribution in [2.24, 2.45) is 0 Å². The Labute approximate surface area is 112 Å². The highest BCUT2D eigenvalue weighted by Gasteiger charge is 2.18. The monoisotopic (exact) mass is 267 g/mol. The number of hydrogen-bond acceptors (Lipinski definition) is 3. The molecule has 1 rings (SSSR count). The Kier molecular flexibility index (Phi) is 4.64. The average Bonchev–Trinajstić information content (AvgIpc) is 2.28. The predicted molar refractivity (Wildman–Crippen MR) is 70.7 cm³/mol. The van der Waals surface area contributed by atoms with Gasteiger partial charge in [-0.05, 0) is 44.5 Å². The van der Waals surface area contributed by atoms with Gasteiger partial charge in [-0.15, -0.1) is 0 Å². The number of carbonyl (C=O) groups excluding carboxylic acids is 2. The van der Waals surface area contributed by atoms with Crippen molar-refractivity contribution in [1.82, 2.24) is 0 Å². The summed E-state index contributed by atoms with van der Waals surface area (Å²) < 4.78 is 18.3. The van der Waals surface area contributed by atoms with Gasteiger partial charge >= 0.3 is 6.09 Å². The fraction of sp³-hybridized carbons (Fsp3) is 0.429. The third kappa shape index (κ3) is 4.69. The molecule has 0 bridgehead atoms. The summed E-state index contributed by atoms with van der Waals surface area (Å²) >= 11 is 0. The molecule has 1 atom stereocenters. The molecule has 0 spiro atoms. The second-order valence-electron chi connectivity index (χ2n) is 5.28. The highest BCUT2D eigenvalue weighted by atomic mass is 19.1. The Balaban J connectivity index is 2.95. The van der Waals surface area contributed by atoms with Gasteiger partial charge in [-0.25, -0.2) is 9.18 Å². The van der Waals surface area contributed by atoms with Crippen LogP contribution < -0.4 is 5.32 Å². The molecule has 0 aromatic heterocycles. The Hall–Kier alpha value is -1.91. The highest BCUT2D eigenvalue weighted by molar-refractivity contribution is 5.87. The Bertz CT molecular complexity index is 480. The molecule has 104 valence electrons. The molecule has 0 heterocycles. The van der Waals surface area contributed by atoms with Crippen molar-refractivity contribution in [2.45, 2.75) is 39.2 Å². The Morgan fingerprint density at radius 1 is 1.42 bits per heavy atom. The number of anilines is 1. The summed E-state index contributed by atoms with van der Waals surface area (Å²) in [5.74, 6) is -0.973. The van der Waals surface area contributed by atoms with Gasteiger partial charge in [0.15, 0.2) is 0 Å². The molecule has 1 aromatic carbocycles. The van der Waals surface area contributed by atoms with E-state index < -0.39 is 23.4 Å². The molecular weight excluding hydrogens is 249 g/mol. The molecule has 0 saturated heterocycles. The molecule has 0 fully saturated rings. The van der Waals surface area contributed by atoms with E-state index in [1.807, 2.05) is 0 Å². The van der Waals surface area contributed by atoms with Crippen LogP contribution in [0.15, 0.2) is 18.2 Å². The minimum absolute atomic E-state index is 0.371. The number of nitrogens with one attached hydrogen (secondary N) is 1. The van der Waals surface area contributed by atoms with E-state index in [1.165, 1.54) is 18.2 Å². The second-order valence-corrected chi connectivity index (χ2v) is 5.28. The third-order valence-electron chi connectivity index (χ3n) is 2.34. The lowest BCUT2D eigenvalue weighted by molar-refractivity contribution is -0.108. The van der Waals surface area contributed by atoms with E-state index in [0.29, 0.717) is 17.5 Å². The first kappa shape index (κ1) is 15.1. The molecule has 0 radical (unpaired) electrons. The van der Waals surface area contributed by atoms with Gasteiger partial charge in [-0.2, -0.15) is 0 Å². The topological polar surface area (TPSA) is 55.4 Å². The van der Waals surface area contributed by atoms with Crippen LogP contribution in [0.1, 0.15) is 39.2 Å². The molecule has 0 aliphatic heterocycles. The zero-order chi connectivity index (χ0) is 14.6. The summed E-state index contributed by atoms with van der Waals surface area (Å²) in [6, 6.07) is 3.86. The van der Waals surface area contributed by atoms with Gasteiger partial charge in [0.1, 0.15) is 17.7 Å². The van der Waals surface area contributed by atoms with Gasteiger partial charge in [0.2, 0.25) is 0 Å². The summed E-state index contributed by atoms with van der Waals surface area (Å²) in [5, 5.41) is 2.52. The SMILES string of the molecule is CC(C=O)c1cc(F)ccc1NC(=O)OC(C)(C)C. The number of hydrogen-bond donors (Lipinski definition) is 1. The van der Waals surface area contributed by atoms with E-state index in [2.05, 4.69) is 5.32 Å². The number of halogens is 1. The van der Waals surface area contributed by atoms with Crippen LogP contribution in [-0.4, -0.2) is 18.0 Å². The lowest BCUT2D eigenvalue weighted by Gasteiger charge is -2.21. The molecule has 19 heavy (non-hydrogen) atoms.